The van der Waals surface area contributed by atoms with Gasteiger partial charge < -0.3 is 9.88 Å². The molecule has 2 aromatic heterocycles. The standard InChI is InChI=1S/C18H23N3OS3/c1-10-5-6-12-13(9-10)25-17-14(12)16(22)19-15(20-17)11(2)24-18(23)21-7-3-4-8-21/h10-11H,3-9H2,1-2H3,(H,19,20,22)/t10-,11+/m0/s1. The fraction of sp³-hybridized carbons (Fsp3) is 0.611. The molecule has 4 nitrogen and oxygen atoms in total. The third-order valence-electron chi connectivity index (χ3n) is 5.21. The molecule has 7 heteroatoms. The molecular weight excluding hydrogens is 370 g/mol. The van der Waals surface area contributed by atoms with Crippen LogP contribution < -0.4 is 5.56 Å². The lowest BCUT2D eigenvalue weighted by molar-refractivity contribution is 0.509. The van der Waals surface area contributed by atoms with E-state index >= 15 is 0 Å². The molecule has 2 atom stereocenters. The highest BCUT2D eigenvalue weighted by Crippen LogP contribution is 2.37. The van der Waals surface area contributed by atoms with Gasteiger partial charge in [0.25, 0.3) is 5.56 Å². The van der Waals surface area contributed by atoms with Gasteiger partial charge in [-0.15, -0.1) is 11.3 Å². The number of aromatic nitrogens is 2. The van der Waals surface area contributed by atoms with Crippen LogP contribution in [-0.4, -0.2) is 32.3 Å². The zero-order valence-electron chi connectivity index (χ0n) is 14.6. The first-order valence-corrected chi connectivity index (χ1v) is 11.1. The van der Waals surface area contributed by atoms with Crippen molar-refractivity contribution >= 4 is 49.9 Å². The van der Waals surface area contributed by atoms with E-state index in [1.54, 1.807) is 23.1 Å². The van der Waals surface area contributed by atoms with E-state index in [2.05, 4.69) is 23.7 Å². The molecule has 0 spiro atoms. The van der Waals surface area contributed by atoms with Gasteiger partial charge >= 0.3 is 0 Å². The molecule has 3 heterocycles. The number of H-pyrrole nitrogens is 1. The number of thiophene rings is 1. The lowest BCUT2D eigenvalue weighted by Gasteiger charge is -2.20. The Bertz CT molecular complexity index is 866. The molecule has 0 bridgehead atoms. The molecule has 1 N–H and O–H groups in total. The lowest BCUT2D eigenvalue weighted by atomic mass is 9.89. The van der Waals surface area contributed by atoms with Crippen molar-refractivity contribution in [2.45, 2.75) is 51.2 Å². The number of aryl methyl sites for hydroxylation is 1. The van der Waals surface area contributed by atoms with Crippen molar-refractivity contribution in [2.75, 3.05) is 13.1 Å². The van der Waals surface area contributed by atoms with E-state index in [1.165, 1.54) is 23.3 Å². The minimum absolute atomic E-state index is 0.0200. The maximum absolute atomic E-state index is 12.7. The van der Waals surface area contributed by atoms with E-state index < -0.39 is 0 Å². The van der Waals surface area contributed by atoms with E-state index in [0.29, 0.717) is 5.92 Å². The Morgan fingerprint density at radius 1 is 1.44 bits per heavy atom. The van der Waals surface area contributed by atoms with Crippen molar-refractivity contribution in [3.8, 4) is 0 Å². The zero-order chi connectivity index (χ0) is 17.6. The second kappa shape index (κ2) is 7.00. The molecular formula is C18H23N3OS3. The maximum Gasteiger partial charge on any atom is 0.259 e. The average Bonchev–Trinajstić information content (AvgIpc) is 3.21. The van der Waals surface area contributed by atoms with Crippen molar-refractivity contribution < 1.29 is 0 Å². The van der Waals surface area contributed by atoms with Gasteiger partial charge in [-0.2, -0.15) is 0 Å². The maximum atomic E-state index is 12.7. The Labute approximate surface area is 161 Å². The first kappa shape index (κ1) is 17.5. The van der Waals surface area contributed by atoms with Crippen LogP contribution in [0, 0.1) is 5.92 Å². The van der Waals surface area contributed by atoms with Gasteiger partial charge in [0.05, 0.1) is 10.6 Å². The van der Waals surface area contributed by atoms with Gasteiger partial charge in [0.15, 0.2) is 0 Å². The second-order valence-corrected chi connectivity index (χ2v) is 10.3. The summed E-state index contributed by atoms with van der Waals surface area (Å²) in [6.07, 6.45) is 5.68. The molecule has 4 rings (SSSR count). The first-order chi connectivity index (χ1) is 12.0. The molecule has 0 amide bonds. The Kier molecular flexibility index (Phi) is 4.90. The summed E-state index contributed by atoms with van der Waals surface area (Å²) in [5.74, 6) is 1.45. The van der Waals surface area contributed by atoms with Crippen LogP contribution in [0.2, 0.25) is 0 Å². The SMILES string of the molecule is C[C@H]1CCc2c(sc3nc([C@@H](C)SC(=S)N4CCCC4)[nH]c(=O)c23)C1. The number of nitrogens with zero attached hydrogens (tertiary/aromatic N) is 2. The predicted octanol–water partition coefficient (Wildman–Crippen LogP) is 4.28. The Morgan fingerprint density at radius 3 is 2.96 bits per heavy atom. The highest BCUT2D eigenvalue weighted by Gasteiger charge is 2.25. The highest BCUT2D eigenvalue weighted by atomic mass is 32.2. The van der Waals surface area contributed by atoms with Gasteiger partial charge in [-0.1, -0.05) is 30.9 Å². The number of aromatic amines is 1. The van der Waals surface area contributed by atoms with Crippen LogP contribution >= 0.6 is 35.3 Å². The van der Waals surface area contributed by atoms with Crippen LogP contribution in [-0.2, 0) is 12.8 Å². The molecule has 0 radical (unpaired) electrons. The predicted molar refractivity (Wildman–Crippen MR) is 111 cm³/mol. The fourth-order valence-corrected chi connectivity index (χ4v) is 6.60. The van der Waals surface area contributed by atoms with E-state index in [1.807, 2.05) is 0 Å². The molecule has 1 saturated heterocycles. The molecule has 2 aromatic rings. The number of thioether (sulfide) groups is 1. The third-order valence-corrected chi connectivity index (χ3v) is 7.94. The van der Waals surface area contributed by atoms with E-state index in [-0.39, 0.29) is 10.8 Å². The van der Waals surface area contributed by atoms with E-state index in [4.69, 9.17) is 17.2 Å². The minimum atomic E-state index is 0.0200. The van der Waals surface area contributed by atoms with Crippen LogP contribution in [0.15, 0.2) is 4.79 Å². The van der Waals surface area contributed by atoms with Gasteiger partial charge in [0.2, 0.25) is 0 Å². The van der Waals surface area contributed by atoms with Gasteiger partial charge in [-0.3, -0.25) is 4.79 Å². The number of likely N-dealkylation sites (tertiary alicyclic amines) is 1. The number of rotatable bonds is 2. The fourth-order valence-electron chi connectivity index (χ4n) is 3.74. The van der Waals surface area contributed by atoms with E-state index in [0.717, 1.165) is 52.7 Å². The summed E-state index contributed by atoms with van der Waals surface area (Å²) in [5, 5.41) is 0.887. The summed E-state index contributed by atoms with van der Waals surface area (Å²) in [6, 6.07) is 0. The molecule has 1 fully saturated rings. The Morgan fingerprint density at radius 2 is 2.20 bits per heavy atom. The zero-order valence-corrected chi connectivity index (χ0v) is 17.1. The topological polar surface area (TPSA) is 49.0 Å². The number of nitrogens with one attached hydrogen (secondary N) is 1. The summed E-state index contributed by atoms with van der Waals surface area (Å²) in [4.78, 5) is 25.1. The molecule has 1 aliphatic heterocycles. The van der Waals surface area contributed by atoms with Crippen LogP contribution in [0.1, 0.15) is 54.6 Å². The molecule has 1 aliphatic carbocycles. The second-order valence-electron chi connectivity index (χ2n) is 7.20. The molecule has 0 aromatic carbocycles. The summed E-state index contributed by atoms with van der Waals surface area (Å²) in [5.41, 5.74) is 1.26. The number of hydrogen-bond acceptors (Lipinski definition) is 5. The minimum Gasteiger partial charge on any atom is -0.358 e. The molecule has 2 aliphatic rings. The van der Waals surface area contributed by atoms with Crippen LogP contribution in [0.25, 0.3) is 10.2 Å². The third kappa shape index (κ3) is 3.38. The molecule has 0 unspecified atom stereocenters. The van der Waals surface area contributed by atoms with Crippen molar-refractivity contribution in [3.63, 3.8) is 0 Å². The van der Waals surface area contributed by atoms with Crippen molar-refractivity contribution in [1.29, 1.82) is 0 Å². The summed E-state index contributed by atoms with van der Waals surface area (Å²) >= 11 is 8.92. The van der Waals surface area contributed by atoms with Crippen molar-refractivity contribution in [3.05, 3.63) is 26.6 Å². The average molecular weight is 394 g/mol. The number of hydrogen-bond donors (Lipinski definition) is 1. The summed E-state index contributed by atoms with van der Waals surface area (Å²) in [6.45, 7) is 6.47. The molecule has 134 valence electrons. The lowest BCUT2D eigenvalue weighted by Crippen LogP contribution is -2.24. The highest BCUT2D eigenvalue weighted by molar-refractivity contribution is 8.23. The smallest absolute Gasteiger partial charge is 0.259 e. The number of fused-ring (bicyclic) bond motifs is 3. The van der Waals surface area contributed by atoms with Crippen molar-refractivity contribution in [1.82, 2.24) is 14.9 Å². The van der Waals surface area contributed by atoms with Crippen LogP contribution in [0.5, 0.6) is 0 Å². The quantitative estimate of drug-likeness (QED) is 0.772. The molecule has 0 saturated carbocycles. The van der Waals surface area contributed by atoms with E-state index in [9.17, 15) is 4.79 Å². The van der Waals surface area contributed by atoms with Gasteiger partial charge in [-0.05, 0) is 50.5 Å². The summed E-state index contributed by atoms with van der Waals surface area (Å²) < 4.78 is 0.923. The molecule has 25 heavy (non-hydrogen) atoms. The monoisotopic (exact) mass is 393 g/mol. The van der Waals surface area contributed by atoms with Gasteiger partial charge in [0, 0.05) is 18.0 Å². The summed E-state index contributed by atoms with van der Waals surface area (Å²) in [7, 11) is 0. The largest absolute Gasteiger partial charge is 0.358 e. The van der Waals surface area contributed by atoms with Gasteiger partial charge in [0.1, 0.15) is 15.0 Å². The Hall–Kier alpha value is -0.920. The van der Waals surface area contributed by atoms with Gasteiger partial charge in [-0.25, -0.2) is 4.98 Å². The number of thiocarbonyl (C=S) groups is 1. The van der Waals surface area contributed by atoms with Crippen LogP contribution in [0.3, 0.4) is 0 Å². The normalized spacial score (nSPS) is 21.5. The Balaban J connectivity index is 1.62. The van der Waals surface area contributed by atoms with Crippen LogP contribution in [0.4, 0.5) is 0 Å². The first-order valence-electron chi connectivity index (χ1n) is 9.03. The van der Waals surface area contributed by atoms with Crippen molar-refractivity contribution in [2.24, 2.45) is 5.92 Å².